The van der Waals surface area contributed by atoms with E-state index in [4.69, 9.17) is 4.74 Å². The zero-order valence-electron chi connectivity index (χ0n) is 17.4. The molecule has 31 heavy (non-hydrogen) atoms. The number of aromatic amines is 2. The molecular weight excluding hydrogens is 454 g/mol. The van der Waals surface area contributed by atoms with Gasteiger partial charge in [0.05, 0.1) is 24.5 Å². The average molecular weight is 480 g/mol. The van der Waals surface area contributed by atoms with Crippen molar-refractivity contribution in [3.05, 3.63) is 68.9 Å². The molecule has 0 bridgehead atoms. The van der Waals surface area contributed by atoms with Gasteiger partial charge >= 0.3 is 0 Å². The number of nitrogens with zero attached hydrogens (tertiary/aromatic N) is 1. The van der Waals surface area contributed by atoms with Crippen LogP contribution in [0, 0.1) is 0 Å². The fourth-order valence-corrected chi connectivity index (χ4v) is 4.73. The van der Waals surface area contributed by atoms with Gasteiger partial charge in [-0.3, -0.25) is 9.69 Å². The number of morpholine rings is 1. The fraction of sp³-hybridized carbons (Fsp3) is 0.320. The SMILES string of the molecule is O=c1[nH]c2ccc(Br)cc2cc1-c1cc2cc(CCCCN3CCOCC3)ccc2[nH]1. The van der Waals surface area contributed by atoms with E-state index in [1.54, 1.807) is 0 Å². The lowest BCUT2D eigenvalue weighted by Crippen LogP contribution is -2.36. The summed E-state index contributed by atoms with van der Waals surface area (Å²) in [6, 6.07) is 16.5. The van der Waals surface area contributed by atoms with Crippen LogP contribution in [-0.4, -0.2) is 47.7 Å². The maximum Gasteiger partial charge on any atom is 0.257 e. The number of hydrogen-bond acceptors (Lipinski definition) is 3. The molecule has 160 valence electrons. The second-order valence-corrected chi connectivity index (χ2v) is 9.18. The molecular formula is C25H26BrN3O2. The molecule has 1 aliphatic heterocycles. The van der Waals surface area contributed by atoms with Gasteiger partial charge in [-0.2, -0.15) is 0 Å². The highest BCUT2D eigenvalue weighted by atomic mass is 79.9. The summed E-state index contributed by atoms with van der Waals surface area (Å²) < 4.78 is 6.41. The van der Waals surface area contributed by atoms with Gasteiger partial charge in [0.25, 0.3) is 5.56 Å². The maximum absolute atomic E-state index is 12.7. The van der Waals surface area contributed by atoms with Gasteiger partial charge in [-0.1, -0.05) is 22.0 Å². The zero-order valence-corrected chi connectivity index (χ0v) is 19.0. The van der Waals surface area contributed by atoms with E-state index in [9.17, 15) is 4.79 Å². The van der Waals surface area contributed by atoms with Crippen LogP contribution in [0.5, 0.6) is 0 Å². The molecule has 0 saturated carbocycles. The molecule has 1 saturated heterocycles. The minimum absolute atomic E-state index is 0.0790. The summed E-state index contributed by atoms with van der Waals surface area (Å²) in [6.07, 6.45) is 3.46. The number of pyridine rings is 1. The van der Waals surface area contributed by atoms with Crippen LogP contribution in [0.15, 0.2) is 57.8 Å². The number of H-pyrrole nitrogens is 2. The van der Waals surface area contributed by atoms with Crippen LogP contribution in [0.4, 0.5) is 0 Å². The van der Waals surface area contributed by atoms with Gasteiger partial charge in [-0.05, 0) is 73.8 Å². The van der Waals surface area contributed by atoms with Gasteiger partial charge in [0.15, 0.2) is 0 Å². The van der Waals surface area contributed by atoms with Crippen molar-refractivity contribution in [2.45, 2.75) is 19.3 Å². The largest absolute Gasteiger partial charge is 0.379 e. The van der Waals surface area contributed by atoms with E-state index in [1.165, 1.54) is 18.4 Å². The van der Waals surface area contributed by atoms with Gasteiger partial charge in [-0.15, -0.1) is 0 Å². The molecule has 2 aromatic carbocycles. The Bertz CT molecular complexity index is 1270. The van der Waals surface area contributed by atoms with Crippen molar-refractivity contribution in [1.82, 2.24) is 14.9 Å². The average Bonchev–Trinajstić information content (AvgIpc) is 3.20. The predicted molar refractivity (Wildman–Crippen MR) is 130 cm³/mol. The Morgan fingerprint density at radius 2 is 1.68 bits per heavy atom. The first-order valence-corrected chi connectivity index (χ1v) is 11.7. The smallest absolute Gasteiger partial charge is 0.257 e. The summed E-state index contributed by atoms with van der Waals surface area (Å²) in [5.41, 5.74) is 4.67. The van der Waals surface area contributed by atoms with Crippen molar-refractivity contribution in [3.63, 3.8) is 0 Å². The molecule has 3 heterocycles. The number of nitrogens with one attached hydrogen (secondary N) is 2. The van der Waals surface area contributed by atoms with Crippen LogP contribution in [0.3, 0.4) is 0 Å². The van der Waals surface area contributed by atoms with Gasteiger partial charge in [-0.25, -0.2) is 0 Å². The first kappa shape index (κ1) is 20.5. The molecule has 0 unspecified atom stereocenters. The van der Waals surface area contributed by atoms with Crippen molar-refractivity contribution in [3.8, 4) is 11.3 Å². The lowest BCUT2D eigenvalue weighted by molar-refractivity contribution is 0.0372. The van der Waals surface area contributed by atoms with Gasteiger partial charge in [0, 0.05) is 39.4 Å². The highest BCUT2D eigenvalue weighted by molar-refractivity contribution is 9.10. The second-order valence-electron chi connectivity index (χ2n) is 8.26. The molecule has 2 aromatic heterocycles. The molecule has 0 radical (unpaired) electrons. The fourth-order valence-electron chi connectivity index (χ4n) is 4.35. The number of ether oxygens (including phenoxy) is 1. The summed E-state index contributed by atoms with van der Waals surface area (Å²) in [4.78, 5) is 21.6. The van der Waals surface area contributed by atoms with Crippen LogP contribution in [0.25, 0.3) is 33.1 Å². The van der Waals surface area contributed by atoms with E-state index >= 15 is 0 Å². The third-order valence-electron chi connectivity index (χ3n) is 6.08. The lowest BCUT2D eigenvalue weighted by Gasteiger charge is -2.26. The Hall–Kier alpha value is -2.41. The number of rotatable bonds is 6. The number of aromatic nitrogens is 2. The summed E-state index contributed by atoms with van der Waals surface area (Å²) in [5.74, 6) is 0. The molecule has 0 aliphatic carbocycles. The number of fused-ring (bicyclic) bond motifs is 2. The minimum Gasteiger partial charge on any atom is -0.379 e. The van der Waals surface area contributed by atoms with Crippen molar-refractivity contribution in [2.75, 3.05) is 32.8 Å². The Morgan fingerprint density at radius 1 is 0.903 bits per heavy atom. The Labute approximate surface area is 189 Å². The van der Waals surface area contributed by atoms with Crippen molar-refractivity contribution >= 4 is 37.7 Å². The molecule has 2 N–H and O–H groups in total. The van der Waals surface area contributed by atoms with Gasteiger partial charge in [0.2, 0.25) is 0 Å². The Morgan fingerprint density at radius 3 is 2.55 bits per heavy atom. The minimum atomic E-state index is -0.0790. The van der Waals surface area contributed by atoms with E-state index in [-0.39, 0.29) is 5.56 Å². The molecule has 4 aromatic rings. The quantitative estimate of drug-likeness (QED) is 0.378. The van der Waals surface area contributed by atoms with Crippen LogP contribution in [0.2, 0.25) is 0 Å². The number of unbranched alkanes of at least 4 members (excludes halogenated alkanes) is 1. The number of hydrogen-bond donors (Lipinski definition) is 2. The first-order valence-electron chi connectivity index (χ1n) is 10.9. The summed E-state index contributed by atoms with van der Waals surface area (Å²) in [6.45, 7) is 5.00. The van der Waals surface area contributed by atoms with Gasteiger partial charge in [0.1, 0.15) is 0 Å². The Balaban J connectivity index is 1.32. The van der Waals surface area contributed by atoms with Crippen LogP contribution in [-0.2, 0) is 11.2 Å². The lowest BCUT2D eigenvalue weighted by atomic mass is 10.1. The van der Waals surface area contributed by atoms with Crippen molar-refractivity contribution in [2.24, 2.45) is 0 Å². The van der Waals surface area contributed by atoms with Crippen LogP contribution in [0.1, 0.15) is 18.4 Å². The highest BCUT2D eigenvalue weighted by Gasteiger charge is 2.11. The topological polar surface area (TPSA) is 61.1 Å². The van der Waals surface area contributed by atoms with Crippen molar-refractivity contribution in [1.29, 1.82) is 0 Å². The predicted octanol–water partition coefficient (Wildman–Crippen LogP) is 5.09. The van der Waals surface area contributed by atoms with E-state index < -0.39 is 0 Å². The second kappa shape index (κ2) is 8.99. The highest BCUT2D eigenvalue weighted by Crippen LogP contribution is 2.26. The maximum atomic E-state index is 12.7. The number of benzene rings is 2. The molecule has 0 atom stereocenters. The molecule has 0 amide bonds. The molecule has 6 heteroatoms. The molecule has 0 spiro atoms. The standard InChI is InChI=1S/C25H26BrN3O2/c26-20-5-7-23-19(14-20)15-21(25(30)28-23)24-16-18-13-17(4-6-22(18)27-24)3-1-2-8-29-9-11-31-12-10-29/h4-7,13-16,27H,1-3,8-12H2,(H,28,30). The third kappa shape index (κ3) is 4.61. The van der Waals surface area contributed by atoms with E-state index in [2.05, 4.69) is 55.1 Å². The van der Waals surface area contributed by atoms with Crippen molar-refractivity contribution < 1.29 is 4.74 Å². The molecule has 1 fully saturated rings. The zero-order chi connectivity index (χ0) is 21.2. The van der Waals surface area contributed by atoms with Crippen LogP contribution >= 0.6 is 15.9 Å². The number of halogens is 1. The summed E-state index contributed by atoms with van der Waals surface area (Å²) in [7, 11) is 0. The first-order chi connectivity index (χ1) is 15.2. The normalized spacial score (nSPS) is 15.1. The molecule has 5 nitrogen and oxygen atoms in total. The summed E-state index contributed by atoms with van der Waals surface area (Å²) in [5, 5.41) is 2.15. The van der Waals surface area contributed by atoms with E-state index in [1.807, 2.05) is 24.3 Å². The Kier molecular flexibility index (Phi) is 5.94. The molecule has 1 aliphatic rings. The van der Waals surface area contributed by atoms with Crippen LogP contribution < -0.4 is 5.56 Å². The molecule has 5 rings (SSSR count). The van der Waals surface area contributed by atoms with E-state index in [0.29, 0.717) is 5.56 Å². The van der Waals surface area contributed by atoms with Gasteiger partial charge < -0.3 is 14.7 Å². The third-order valence-corrected chi connectivity index (χ3v) is 6.57. The summed E-state index contributed by atoms with van der Waals surface area (Å²) >= 11 is 3.51. The van der Waals surface area contributed by atoms with E-state index in [0.717, 1.165) is 71.2 Å². The number of aryl methyl sites for hydroxylation is 1. The monoisotopic (exact) mass is 479 g/mol.